The van der Waals surface area contributed by atoms with E-state index < -0.39 is 11.6 Å². The lowest BCUT2D eigenvalue weighted by atomic mass is 10.1. The standard InChI is InChI=1S/C24H21FO4/c1-27-22-14-18(12-13-21(26)19-10-6-7-11-20(19)25)15-23(28-2)24(22)29-16-17-8-4-3-5-9-17/h3-15H,16H2,1-2H3/b13-12+. The summed E-state index contributed by atoms with van der Waals surface area (Å²) in [6.45, 7) is 0.356. The van der Waals surface area contributed by atoms with Gasteiger partial charge in [0, 0.05) is 0 Å². The number of carbonyl (C=O) groups is 1. The predicted molar refractivity (Wildman–Crippen MR) is 110 cm³/mol. The number of benzene rings is 3. The molecule has 29 heavy (non-hydrogen) atoms. The molecule has 0 fully saturated rings. The van der Waals surface area contributed by atoms with Crippen LogP contribution in [-0.2, 0) is 6.61 Å². The summed E-state index contributed by atoms with van der Waals surface area (Å²) in [5.74, 6) is 0.431. The van der Waals surface area contributed by atoms with Gasteiger partial charge in [-0.3, -0.25) is 4.79 Å². The molecule has 0 heterocycles. The van der Waals surface area contributed by atoms with E-state index in [4.69, 9.17) is 14.2 Å². The zero-order valence-electron chi connectivity index (χ0n) is 16.2. The number of allylic oxidation sites excluding steroid dienone is 1. The van der Waals surface area contributed by atoms with Gasteiger partial charge in [0.25, 0.3) is 0 Å². The maximum Gasteiger partial charge on any atom is 0.203 e. The number of halogens is 1. The van der Waals surface area contributed by atoms with Crippen LogP contribution in [0.15, 0.2) is 72.8 Å². The van der Waals surface area contributed by atoms with Crippen molar-refractivity contribution in [2.75, 3.05) is 14.2 Å². The first-order valence-corrected chi connectivity index (χ1v) is 9.02. The molecule has 0 aliphatic rings. The fraction of sp³-hybridized carbons (Fsp3) is 0.125. The van der Waals surface area contributed by atoms with Crippen LogP contribution in [0, 0.1) is 5.82 Å². The maximum atomic E-state index is 13.8. The van der Waals surface area contributed by atoms with Gasteiger partial charge in [-0.1, -0.05) is 48.5 Å². The zero-order valence-corrected chi connectivity index (χ0v) is 16.2. The molecule has 0 aromatic heterocycles. The van der Waals surface area contributed by atoms with Gasteiger partial charge >= 0.3 is 0 Å². The largest absolute Gasteiger partial charge is 0.493 e. The topological polar surface area (TPSA) is 44.8 Å². The summed E-state index contributed by atoms with van der Waals surface area (Å²) in [5.41, 5.74) is 1.69. The first kappa shape index (κ1) is 20.1. The van der Waals surface area contributed by atoms with Crippen LogP contribution in [0.1, 0.15) is 21.5 Å². The molecule has 0 saturated carbocycles. The number of ketones is 1. The van der Waals surface area contributed by atoms with Crippen LogP contribution < -0.4 is 14.2 Å². The Kier molecular flexibility index (Phi) is 6.63. The van der Waals surface area contributed by atoms with Crippen molar-refractivity contribution in [1.82, 2.24) is 0 Å². The lowest BCUT2D eigenvalue weighted by Crippen LogP contribution is -2.01. The Bertz CT molecular complexity index is 987. The molecule has 5 heteroatoms. The number of rotatable bonds is 8. The molecule has 0 unspecified atom stereocenters. The Balaban J connectivity index is 1.83. The zero-order chi connectivity index (χ0) is 20.6. The first-order chi connectivity index (χ1) is 14.1. The molecule has 4 nitrogen and oxygen atoms in total. The molecule has 0 amide bonds. The third kappa shape index (κ3) is 5.02. The van der Waals surface area contributed by atoms with Crippen molar-refractivity contribution in [3.63, 3.8) is 0 Å². The van der Waals surface area contributed by atoms with E-state index in [1.54, 1.807) is 30.3 Å². The molecule has 3 rings (SSSR count). The van der Waals surface area contributed by atoms with Crippen LogP contribution in [0.3, 0.4) is 0 Å². The lowest BCUT2D eigenvalue weighted by molar-refractivity contribution is 0.104. The second-order valence-corrected chi connectivity index (χ2v) is 6.21. The Morgan fingerprint density at radius 3 is 2.17 bits per heavy atom. The van der Waals surface area contributed by atoms with Crippen molar-refractivity contribution in [2.45, 2.75) is 6.61 Å². The van der Waals surface area contributed by atoms with Crippen molar-refractivity contribution in [2.24, 2.45) is 0 Å². The molecule has 3 aromatic rings. The summed E-state index contributed by atoms with van der Waals surface area (Å²) in [4.78, 5) is 12.3. The average Bonchev–Trinajstić information content (AvgIpc) is 2.76. The molecule has 0 N–H and O–H groups in total. The van der Waals surface area contributed by atoms with E-state index >= 15 is 0 Å². The number of ether oxygens (including phenoxy) is 3. The third-order valence-corrected chi connectivity index (χ3v) is 4.28. The van der Waals surface area contributed by atoms with E-state index in [-0.39, 0.29) is 5.56 Å². The molecular weight excluding hydrogens is 371 g/mol. The molecule has 148 valence electrons. The minimum atomic E-state index is -0.554. The quantitative estimate of drug-likeness (QED) is 0.385. The van der Waals surface area contributed by atoms with E-state index in [1.807, 2.05) is 30.3 Å². The minimum Gasteiger partial charge on any atom is -0.493 e. The predicted octanol–water partition coefficient (Wildman–Crippen LogP) is 5.32. The SMILES string of the molecule is COc1cc(/C=C/C(=O)c2ccccc2F)cc(OC)c1OCc1ccccc1. The van der Waals surface area contributed by atoms with Crippen LogP contribution >= 0.6 is 0 Å². The van der Waals surface area contributed by atoms with Crippen molar-refractivity contribution in [3.8, 4) is 17.2 Å². The van der Waals surface area contributed by atoms with Crippen LogP contribution in [0.2, 0.25) is 0 Å². The maximum absolute atomic E-state index is 13.8. The molecular formula is C24H21FO4. The number of hydrogen-bond donors (Lipinski definition) is 0. The van der Waals surface area contributed by atoms with Crippen LogP contribution in [0.5, 0.6) is 17.2 Å². The monoisotopic (exact) mass is 392 g/mol. The van der Waals surface area contributed by atoms with Crippen molar-refractivity contribution >= 4 is 11.9 Å². The van der Waals surface area contributed by atoms with Gasteiger partial charge in [0.05, 0.1) is 19.8 Å². The summed E-state index contributed by atoms with van der Waals surface area (Å²) in [5, 5.41) is 0. The van der Waals surface area contributed by atoms with Crippen LogP contribution in [-0.4, -0.2) is 20.0 Å². The molecule has 0 bridgehead atoms. The van der Waals surface area contributed by atoms with Gasteiger partial charge in [-0.05, 0) is 41.5 Å². The Morgan fingerprint density at radius 1 is 0.931 bits per heavy atom. The molecule has 0 atom stereocenters. The van der Waals surface area contributed by atoms with Gasteiger partial charge in [0.2, 0.25) is 5.75 Å². The molecule has 0 saturated heterocycles. The first-order valence-electron chi connectivity index (χ1n) is 9.02. The van der Waals surface area contributed by atoms with Gasteiger partial charge in [-0.2, -0.15) is 0 Å². The molecule has 0 spiro atoms. The Morgan fingerprint density at radius 2 is 1.55 bits per heavy atom. The van der Waals surface area contributed by atoms with Crippen molar-refractivity contribution in [3.05, 3.63) is 95.3 Å². The van der Waals surface area contributed by atoms with E-state index in [0.29, 0.717) is 29.4 Å². The fourth-order valence-electron chi connectivity index (χ4n) is 2.79. The highest BCUT2D eigenvalue weighted by Gasteiger charge is 2.14. The summed E-state index contributed by atoms with van der Waals surface area (Å²) in [6.07, 6.45) is 2.90. The second kappa shape index (κ2) is 9.55. The van der Waals surface area contributed by atoms with E-state index in [0.717, 1.165) is 5.56 Å². The van der Waals surface area contributed by atoms with E-state index in [2.05, 4.69) is 0 Å². The highest BCUT2D eigenvalue weighted by molar-refractivity contribution is 6.07. The van der Waals surface area contributed by atoms with Gasteiger partial charge in [0.1, 0.15) is 12.4 Å². The summed E-state index contributed by atoms with van der Waals surface area (Å²) >= 11 is 0. The highest BCUT2D eigenvalue weighted by Crippen LogP contribution is 2.39. The molecule has 0 radical (unpaired) electrons. The van der Waals surface area contributed by atoms with Crippen LogP contribution in [0.25, 0.3) is 6.08 Å². The van der Waals surface area contributed by atoms with Crippen molar-refractivity contribution in [1.29, 1.82) is 0 Å². The van der Waals surface area contributed by atoms with Gasteiger partial charge in [0.15, 0.2) is 17.3 Å². The summed E-state index contributed by atoms with van der Waals surface area (Å²) < 4.78 is 30.6. The third-order valence-electron chi connectivity index (χ3n) is 4.28. The van der Waals surface area contributed by atoms with Gasteiger partial charge < -0.3 is 14.2 Å². The molecule has 3 aromatic carbocycles. The summed E-state index contributed by atoms with van der Waals surface area (Å²) in [6, 6.07) is 19.1. The van der Waals surface area contributed by atoms with Gasteiger partial charge in [-0.15, -0.1) is 0 Å². The Labute approximate surface area is 169 Å². The number of hydrogen-bond acceptors (Lipinski definition) is 4. The van der Waals surface area contributed by atoms with Gasteiger partial charge in [-0.25, -0.2) is 4.39 Å². The van der Waals surface area contributed by atoms with Crippen molar-refractivity contribution < 1.29 is 23.4 Å². The second-order valence-electron chi connectivity index (χ2n) is 6.21. The fourth-order valence-corrected chi connectivity index (χ4v) is 2.79. The van der Waals surface area contributed by atoms with E-state index in [9.17, 15) is 9.18 Å². The van der Waals surface area contributed by atoms with Crippen LogP contribution in [0.4, 0.5) is 4.39 Å². The van der Waals surface area contributed by atoms with E-state index in [1.165, 1.54) is 32.4 Å². The lowest BCUT2D eigenvalue weighted by Gasteiger charge is -2.15. The number of carbonyl (C=O) groups excluding carboxylic acids is 1. The molecule has 0 aliphatic heterocycles. The number of methoxy groups -OCH3 is 2. The smallest absolute Gasteiger partial charge is 0.203 e. The highest BCUT2D eigenvalue weighted by atomic mass is 19.1. The summed E-state index contributed by atoms with van der Waals surface area (Å²) in [7, 11) is 3.06. The minimum absolute atomic E-state index is 0.0190. The average molecular weight is 392 g/mol. The Hall–Kier alpha value is -3.60. The normalized spacial score (nSPS) is 10.7. The molecule has 0 aliphatic carbocycles.